The second-order valence-corrected chi connectivity index (χ2v) is 3.46. The highest BCUT2D eigenvalue weighted by atomic mass is 16.5. The van der Waals surface area contributed by atoms with Crippen LogP contribution in [0, 0.1) is 0 Å². The smallest absolute Gasteiger partial charge is 0.358 e. The number of rotatable bonds is 5. The van der Waals surface area contributed by atoms with Gasteiger partial charge in [0.25, 0.3) is 0 Å². The standard InChI is InChI=1S/C12H9NO5/c14-6-8-1-3-9(4-2-8)17-7-10-5-11(12(15)16)13-18-10/h1-6H,7H2,(H,15,16). The summed E-state index contributed by atoms with van der Waals surface area (Å²) in [5, 5.41) is 12.0. The number of aromatic nitrogens is 1. The van der Waals surface area contributed by atoms with Gasteiger partial charge in [0.1, 0.15) is 18.6 Å². The van der Waals surface area contributed by atoms with Crippen molar-refractivity contribution in [2.24, 2.45) is 0 Å². The van der Waals surface area contributed by atoms with E-state index in [9.17, 15) is 9.59 Å². The predicted molar refractivity (Wildman–Crippen MR) is 59.6 cm³/mol. The Hall–Kier alpha value is -2.63. The minimum atomic E-state index is -1.15. The fourth-order valence-electron chi connectivity index (χ4n) is 1.28. The molecule has 1 N–H and O–H groups in total. The molecule has 0 aliphatic rings. The van der Waals surface area contributed by atoms with Gasteiger partial charge in [-0.05, 0) is 24.3 Å². The van der Waals surface area contributed by atoms with Gasteiger partial charge in [-0.2, -0.15) is 0 Å². The van der Waals surface area contributed by atoms with Gasteiger partial charge in [-0.15, -0.1) is 0 Å². The number of aromatic carboxylic acids is 1. The van der Waals surface area contributed by atoms with Crippen molar-refractivity contribution in [2.45, 2.75) is 6.61 Å². The van der Waals surface area contributed by atoms with Crippen LogP contribution in [0.3, 0.4) is 0 Å². The second-order valence-electron chi connectivity index (χ2n) is 3.46. The number of carbonyl (C=O) groups is 2. The number of benzene rings is 1. The van der Waals surface area contributed by atoms with Gasteiger partial charge in [-0.1, -0.05) is 5.16 Å². The molecule has 0 atom stereocenters. The van der Waals surface area contributed by atoms with Crippen molar-refractivity contribution in [1.29, 1.82) is 0 Å². The molecule has 0 fully saturated rings. The highest BCUT2D eigenvalue weighted by Gasteiger charge is 2.10. The van der Waals surface area contributed by atoms with Gasteiger partial charge in [0, 0.05) is 11.6 Å². The normalized spacial score (nSPS) is 10.0. The zero-order valence-corrected chi connectivity index (χ0v) is 9.20. The van der Waals surface area contributed by atoms with Crippen LogP contribution in [0.2, 0.25) is 0 Å². The minimum absolute atomic E-state index is 0.0702. The molecule has 6 heteroatoms. The molecular weight excluding hydrogens is 238 g/mol. The molecule has 1 aromatic carbocycles. The van der Waals surface area contributed by atoms with E-state index in [1.54, 1.807) is 24.3 Å². The number of carboxylic acids is 1. The van der Waals surface area contributed by atoms with E-state index in [1.807, 2.05) is 0 Å². The van der Waals surface area contributed by atoms with E-state index in [-0.39, 0.29) is 12.3 Å². The average molecular weight is 247 g/mol. The van der Waals surface area contributed by atoms with Gasteiger partial charge in [0.05, 0.1) is 0 Å². The maximum atomic E-state index is 10.6. The summed E-state index contributed by atoms with van der Waals surface area (Å²) in [5.41, 5.74) is 0.389. The molecule has 6 nitrogen and oxygen atoms in total. The molecule has 92 valence electrons. The molecule has 0 spiro atoms. The lowest BCUT2D eigenvalue weighted by Gasteiger charge is -2.02. The van der Waals surface area contributed by atoms with Crippen LogP contribution in [0.15, 0.2) is 34.9 Å². The summed E-state index contributed by atoms with van der Waals surface area (Å²) >= 11 is 0. The van der Waals surface area contributed by atoms with Crippen LogP contribution in [0.4, 0.5) is 0 Å². The minimum Gasteiger partial charge on any atom is -0.486 e. The molecular formula is C12H9NO5. The molecule has 0 unspecified atom stereocenters. The fourth-order valence-corrected chi connectivity index (χ4v) is 1.28. The first-order valence-electron chi connectivity index (χ1n) is 5.06. The number of carboxylic acid groups (broad SMARTS) is 1. The first-order valence-corrected chi connectivity index (χ1v) is 5.06. The number of hydrogen-bond donors (Lipinski definition) is 1. The topological polar surface area (TPSA) is 89.6 Å². The van der Waals surface area contributed by atoms with Gasteiger partial charge in [-0.25, -0.2) is 4.79 Å². The summed E-state index contributed by atoms with van der Waals surface area (Å²) in [6, 6.07) is 7.80. The largest absolute Gasteiger partial charge is 0.486 e. The highest BCUT2D eigenvalue weighted by Crippen LogP contribution is 2.14. The van der Waals surface area contributed by atoms with Crippen molar-refractivity contribution >= 4 is 12.3 Å². The van der Waals surface area contributed by atoms with Crippen molar-refractivity contribution < 1.29 is 24.0 Å². The van der Waals surface area contributed by atoms with Crippen LogP contribution >= 0.6 is 0 Å². The van der Waals surface area contributed by atoms with Gasteiger partial charge in [-0.3, -0.25) is 4.79 Å². The number of hydrogen-bond acceptors (Lipinski definition) is 5. The van der Waals surface area contributed by atoms with E-state index < -0.39 is 5.97 Å². The summed E-state index contributed by atoms with van der Waals surface area (Å²) in [4.78, 5) is 21.0. The molecule has 0 saturated carbocycles. The lowest BCUT2D eigenvalue weighted by molar-refractivity contribution is 0.0685. The van der Waals surface area contributed by atoms with Crippen LogP contribution in [0.25, 0.3) is 0 Å². The van der Waals surface area contributed by atoms with Crippen LogP contribution in [0.5, 0.6) is 5.75 Å². The fraction of sp³-hybridized carbons (Fsp3) is 0.0833. The number of carbonyl (C=O) groups excluding carboxylic acids is 1. The third-order valence-corrected chi connectivity index (χ3v) is 2.18. The molecule has 2 aromatic rings. The molecule has 0 saturated heterocycles. The highest BCUT2D eigenvalue weighted by molar-refractivity contribution is 5.85. The van der Waals surface area contributed by atoms with Crippen molar-refractivity contribution in [3.8, 4) is 5.75 Å². The summed E-state index contributed by atoms with van der Waals surface area (Å²) in [6.07, 6.45) is 0.735. The Balaban J connectivity index is 1.97. The monoisotopic (exact) mass is 247 g/mol. The van der Waals surface area contributed by atoms with Crippen LogP contribution in [0.1, 0.15) is 26.6 Å². The van der Waals surface area contributed by atoms with Crippen molar-refractivity contribution in [2.75, 3.05) is 0 Å². The zero-order valence-electron chi connectivity index (χ0n) is 9.20. The van der Waals surface area contributed by atoms with E-state index >= 15 is 0 Å². The first kappa shape index (κ1) is 11.8. The van der Waals surface area contributed by atoms with Crippen LogP contribution in [-0.2, 0) is 6.61 Å². The SMILES string of the molecule is O=Cc1ccc(OCc2cc(C(=O)O)no2)cc1. The van der Waals surface area contributed by atoms with E-state index in [4.69, 9.17) is 14.4 Å². The molecule has 0 amide bonds. The van der Waals surface area contributed by atoms with Crippen molar-refractivity contribution in [1.82, 2.24) is 5.16 Å². The molecule has 0 bridgehead atoms. The van der Waals surface area contributed by atoms with Crippen LogP contribution in [-0.4, -0.2) is 22.5 Å². The second kappa shape index (κ2) is 5.13. The lowest BCUT2D eigenvalue weighted by atomic mass is 10.2. The third kappa shape index (κ3) is 2.73. The predicted octanol–water partition coefficient (Wildman–Crippen LogP) is 1.76. The van der Waals surface area contributed by atoms with Crippen molar-refractivity contribution in [3.05, 3.63) is 47.3 Å². The summed E-state index contributed by atoms with van der Waals surface area (Å²) in [5.74, 6) is -0.291. The molecule has 0 aliphatic heterocycles. The van der Waals surface area contributed by atoms with E-state index in [0.29, 0.717) is 17.1 Å². The van der Waals surface area contributed by atoms with Gasteiger partial charge in [0.15, 0.2) is 11.5 Å². The van der Waals surface area contributed by atoms with E-state index in [2.05, 4.69) is 5.16 Å². The molecule has 1 aromatic heterocycles. The number of ether oxygens (including phenoxy) is 1. The maximum absolute atomic E-state index is 10.6. The van der Waals surface area contributed by atoms with E-state index in [1.165, 1.54) is 6.07 Å². The van der Waals surface area contributed by atoms with Gasteiger partial charge >= 0.3 is 5.97 Å². The molecule has 1 heterocycles. The lowest BCUT2D eigenvalue weighted by Crippen LogP contribution is -1.96. The number of aldehydes is 1. The maximum Gasteiger partial charge on any atom is 0.358 e. The molecule has 18 heavy (non-hydrogen) atoms. The summed E-state index contributed by atoms with van der Waals surface area (Å²) in [6.45, 7) is 0.0702. The Bertz CT molecular complexity index is 558. The van der Waals surface area contributed by atoms with Crippen molar-refractivity contribution in [3.63, 3.8) is 0 Å². The Labute approximate surface area is 102 Å². The average Bonchev–Trinajstić information content (AvgIpc) is 2.86. The third-order valence-electron chi connectivity index (χ3n) is 2.18. The van der Waals surface area contributed by atoms with E-state index in [0.717, 1.165) is 6.29 Å². The summed E-state index contributed by atoms with van der Waals surface area (Å²) < 4.78 is 10.1. The summed E-state index contributed by atoms with van der Waals surface area (Å²) in [7, 11) is 0. The quantitative estimate of drug-likeness (QED) is 0.810. The Morgan fingerprint density at radius 1 is 1.39 bits per heavy atom. The molecule has 0 radical (unpaired) electrons. The van der Waals surface area contributed by atoms with Crippen LogP contribution < -0.4 is 4.74 Å². The Morgan fingerprint density at radius 2 is 2.11 bits per heavy atom. The zero-order chi connectivity index (χ0) is 13.0. The Morgan fingerprint density at radius 3 is 2.67 bits per heavy atom. The van der Waals surface area contributed by atoms with Gasteiger partial charge < -0.3 is 14.4 Å². The first-order chi connectivity index (χ1) is 8.69. The molecule has 2 rings (SSSR count). The number of nitrogens with zero attached hydrogens (tertiary/aromatic N) is 1. The Kier molecular flexibility index (Phi) is 3.38. The molecule has 0 aliphatic carbocycles. The van der Waals surface area contributed by atoms with Gasteiger partial charge in [0.2, 0.25) is 0 Å².